The number of piperidine rings is 1. The second-order valence-corrected chi connectivity index (χ2v) is 11.3. The summed E-state index contributed by atoms with van der Waals surface area (Å²) in [6.45, 7) is 9.73. The van der Waals surface area contributed by atoms with Gasteiger partial charge in [0.15, 0.2) is 0 Å². The summed E-state index contributed by atoms with van der Waals surface area (Å²) in [5.74, 6) is -0.758. The van der Waals surface area contributed by atoms with Crippen LogP contribution < -0.4 is 9.80 Å². The lowest BCUT2D eigenvalue weighted by atomic mass is 9.99. The predicted octanol–water partition coefficient (Wildman–Crippen LogP) is 6.42. The second-order valence-electron chi connectivity index (χ2n) is 10.8. The van der Waals surface area contributed by atoms with Gasteiger partial charge in [-0.15, -0.1) is 0 Å². The van der Waals surface area contributed by atoms with Crippen LogP contribution in [0.3, 0.4) is 0 Å². The minimum Gasteiger partial charge on any atom is -0.478 e. The summed E-state index contributed by atoms with van der Waals surface area (Å²) in [6, 6.07) is 13.9. The molecular formula is C29H34ClF2N5O2. The van der Waals surface area contributed by atoms with Crippen molar-refractivity contribution in [1.29, 1.82) is 0 Å². The average Bonchev–Trinajstić information content (AvgIpc) is 3.56. The van der Waals surface area contributed by atoms with E-state index in [2.05, 4.69) is 57.9 Å². The highest BCUT2D eigenvalue weighted by molar-refractivity contribution is 6.31. The van der Waals surface area contributed by atoms with Gasteiger partial charge in [-0.1, -0.05) is 43.6 Å². The summed E-state index contributed by atoms with van der Waals surface area (Å²) in [7, 11) is 0. The number of alkyl halides is 2. The molecule has 2 aromatic carbocycles. The van der Waals surface area contributed by atoms with Crippen molar-refractivity contribution in [2.75, 3.05) is 49.2 Å². The molecule has 1 atom stereocenters. The standard InChI is InChI=1S/C29H34ClF2N5O2/c1-19(2)16-34-12-13-36(18-34)22-8-5-20(6-9-22)24-10-7-21(30)14-26(24)35-11-3-4-23(17-35)37-27(28(31)32)25(15-33-37)29(38)39/h5-10,14-15,19,23,28H,3-4,11-13,16-18H2,1-2H3,(H,38,39)/t23-/m1/s1. The number of carboxylic acids is 1. The van der Waals surface area contributed by atoms with Gasteiger partial charge >= 0.3 is 5.97 Å². The van der Waals surface area contributed by atoms with Crippen molar-refractivity contribution in [3.63, 3.8) is 0 Å². The van der Waals surface area contributed by atoms with Crippen LogP contribution in [0.5, 0.6) is 0 Å². The number of carbonyl (C=O) groups is 1. The molecule has 0 saturated carbocycles. The number of nitrogens with zero attached hydrogens (tertiary/aromatic N) is 5. The molecule has 0 spiro atoms. The molecule has 0 unspecified atom stereocenters. The summed E-state index contributed by atoms with van der Waals surface area (Å²) in [4.78, 5) is 18.5. The number of hydrogen-bond donors (Lipinski definition) is 1. The van der Waals surface area contributed by atoms with Gasteiger partial charge in [0.1, 0.15) is 11.3 Å². The number of anilines is 2. The maximum atomic E-state index is 13.9. The Kier molecular flexibility index (Phi) is 8.09. The summed E-state index contributed by atoms with van der Waals surface area (Å²) in [6.07, 6.45) is -0.521. The van der Waals surface area contributed by atoms with E-state index < -0.39 is 23.7 Å². The van der Waals surface area contributed by atoms with Crippen molar-refractivity contribution >= 4 is 28.9 Å². The largest absolute Gasteiger partial charge is 0.478 e. The Morgan fingerprint density at radius 1 is 1.10 bits per heavy atom. The van der Waals surface area contributed by atoms with E-state index in [0.717, 1.165) is 62.3 Å². The van der Waals surface area contributed by atoms with Gasteiger partial charge in [0.25, 0.3) is 6.43 Å². The average molecular weight is 558 g/mol. The number of hydrogen-bond acceptors (Lipinski definition) is 5. The molecule has 0 radical (unpaired) electrons. The first kappa shape index (κ1) is 27.4. The summed E-state index contributed by atoms with van der Waals surface area (Å²) >= 11 is 6.42. The van der Waals surface area contributed by atoms with Gasteiger partial charge in [-0.25, -0.2) is 13.6 Å². The van der Waals surface area contributed by atoms with Crippen molar-refractivity contribution in [3.8, 4) is 11.1 Å². The second kappa shape index (κ2) is 11.5. The highest BCUT2D eigenvalue weighted by Crippen LogP contribution is 2.38. The number of aromatic carboxylic acids is 1. The molecule has 0 amide bonds. The topological polar surface area (TPSA) is 64.8 Å². The molecule has 1 aromatic heterocycles. The van der Waals surface area contributed by atoms with E-state index in [9.17, 15) is 18.7 Å². The molecule has 39 heavy (non-hydrogen) atoms. The van der Waals surface area contributed by atoms with E-state index in [1.807, 2.05) is 18.2 Å². The fourth-order valence-electron chi connectivity index (χ4n) is 5.80. The molecule has 0 aliphatic carbocycles. The van der Waals surface area contributed by atoms with Crippen molar-refractivity contribution < 1.29 is 18.7 Å². The van der Waals surface area contributed by atoms with Crippen molar-refractivity contribution in [1.82, 2.24) is 14.7 Å². The zero-order valence-corrected chi connectivity index (χ0v) is 23.0. The lowest BCUT2D eigenvalue weighted by molar-refractivity contribution is 0.0681. The lowest BCUT2D eigenvalue weighted by Crippen LogP contribution is -2.38. The number of benzene rings is 2. The number of halogens is 3. The van der Waals surface area contributed by atoms with Gasteiger partial charge in [-0.05, 0) is 48.6 Å². The molecule has 7 nitrogen and oxygen atoms in total. The van der Waals surface area contributed by atoms with Gasteiger partial charge in [0, 0.05) is 54.7 Å². The maximum absolute atomic E-state index is 13.9. The van der Waals surface area contributed by atoms with E-state index in [-0.39, 0.29) is 6.04 Å². The van der Waals surface area contributed by atoms with Crippen LogP contribution in [0.25, 0.3) is 11.1 Å². The highest BCUT2D eigenvalue weighted by Gasteiger charge is 2.31. The molecule has 1 N–H and O–H groups in total. The quantitative estimate of drug-likeness (QED) is 0.345. The summed E-state index contributed by atoms with van der Waals surface area (Å²) < 4.78 is 28.9. The van der Waals surface area contributed by atoms with Crippen molar-refractivity contribution in [2.24, 2.45) is 5.92 Å². The maximum Gasteiger partial charge on any atom is 0.339 e. The Hall–Kier alpha value is -3.17. The van der Waals surface area contributed by atoms with Gasteiger partial charge in [-0.2, -0.15) is 5.10 Å². The fraction of sp³-hybridized carbons (Fsp3) is 0.448. The Morgan fingerprint density at radius 3 is 2.56 bits per heavy atom. The zero-order valence-electron chi connectivity index (χ0n) is 22.2. The molecule has 2 saturated heterocycles. The minimum atomic E-state index is -2.93. The Bertz CT molecular complexity index is 1310. The molecule has 2 aliphatic heterocycles. The third-order valence-corrected chi connectivity index (χ3v) is 7.77. The molecule has 2 fully saturated rings. The molecule has 10 heteroatoms. The predicted molar refractivity (Wildman–Crippen MR) is 150 cm³/mol. The highest BCUT2D eigenvalue weighted by atomic mass is 35.5. The molecular weight excluding hydrogens is 524 g/mol. The van der Waals surface area contributed by atoms with Crippen LogP contribution in [-0.4, -0.2) is 65.1 Å². The number of carboxylic acid groups (broad SMARTS) is 1. The van der Waals surface area contributed by atoms with Gasteiger partial charge in [0.2, 0.25) is 0 Å². The van der Waals surface area contributed by atoms with Crippen LogP contribution in [0.15, 0.2) is 48.7 Å². The molecule has 2 aliphatic rings. The van der Waals surface area contributed by atoms with Crippen molar-refractivity contribution in [2.45, 2.75) is 39.2 Å². The normalized spacial score (nSPS) is 18.5. The zero-order chi connectivity index (χ0) is 27.7. The Balaban J connectivity index is 1.38. The van der Waals surface area contributed by atoms with Crippen LogP contribution in [0.4, 0.5) is 20.2 Å². The minimum absolute atomic E-state index is 0.381. The summed E-state index contributed by atoms with van der Waals surface area (Å²) in [5, 5.41) is 14.0. The fourth-order valence-corrected chi connectivity index (χ4v) is 5.97. The van der Waals surface area contributed by atoms with Gasteiger partial charge < -0.3 is 14.9 Å². The molecule has 3 heterocycles. The molecule has 3 aromatic rings. The van der Waals surface area contributed by atoms with Crippen LogP contribution >= 0.6 is 11.6 Å². The molecule has 208 valence electrons. The van der Waals surface area contributed by atoms with E-state index in [0.29, 0.717) is 23.9 Å². The van der Waals surface area contributed by atoms with Crippen LogP contribution in [0, 0.1) is 5.92 Å². The van der Waals surface area contributed by atoms with Gasteiger partial charge in [-0.3, -0.25) is 9.58 Å². The van der Waals surface area contributed by atoms with Crippen LogP contribution in [0.1, 0.15) is 55.2 Å². The monoisotopic (exact) mass is 557 g/mol. The summed E-state index contributed by atoms with van der Waals surface area (Å²) in [5.41, 5.74) is 3.18. The third-order valence-electron chi connectivity index (χ3n) is 7.54. The molecule has 0 bridgehead atoms. The number of aromatic nitrogens is 2. The first-order chi connectivity index (χ1) is 18.7. The van der Waals surface area contributed by atoms with E-state index >= 15 is 0 Å². The van der Waals surface area contributed by atoms with Crippen LogP contribution in [0.2, 0.25) is 5.02 Å². The van der Waals surface area contributed by atoms with Crippen LogP contribution in [-0.2, 0) is 0 Å². The third kappa shape index (κ3) is 5.89. The Morgan fingerprint density at radius 2 is 1.87 bits per heavy atom. The number of rotatable bonds is 8. The van der Waals surface area contributed by atoms with E-state index in [1.54, 1.807) is 0 Å². The first-order valence-corrected chi connectivity index (χ1v) is 13.8. The smallest absolute Gasteiger partial charge is 0.339 e. The SMILES string of the molecule is CC(C)CN1CCN(c2ccc(-c3ccc(Cl)cc3N3CCC[C@@H](n4ncc(C(=O)O)c4C(F)F)C3)cc2)C1. The first-order valence-electron chi connectivity index (χ1n) is 13.4. The Labute approximate surface area is 232 Å². The van der Waals surface area contributed by atoms with E-state index in [4.69, 9.17) is 11.6 Å². The van der Waals surface area contributed by atoms with E-state index in [1.165, 1.54) is 10.4 Å². The van der Waals surface area contributed by atoms with Crippen molar-refractivity contribution in [3.05, 3.63) is 64.9 Å². The molecule has 5 rings (SSSR count). The van der Waals surface area contributed by atoms with Gasteiger partial charge in [0.05, 0.1) is 18.9 Å². The lowest BCUT2D eigenvalue weighted by Gasteiger charge is -2.36.